The maximum atomic E-state index is 12.9. The number of nitrogens with zero attached hydrogens (tertiary/aromatic N) is 3. The van der Waals surface area contributed by atoms with Gasteiger partial charge in [-0.25, -0.2) is 4.98 Å². The van der Waals surface area contributed by atoms with E-state index in [1.165, 1.54) is 31.5 Å². The van der Waals surface area contributed by atoms with Gasteiger partial charge in [-0.3, -0.25) is 9.69 Å². The number of hydrogen-bond donors (Lipinski definition) is 0. The van der Waals surface area contributed by atoms with Crippen LogP contribution in [0, 0.1) is 0 Å². The first-order valence-electron chi connectivity index (χ1n) is 10.00. The number of hydrogen-bond acceptors (Lipinski definition) is 4. The minimum absolute atomic E-state index is 0.0775. The zero-order valence-corrected chi connectivity index (χ0v) is 16.6. The monoisotopic (exact) mass is 367 g/mol. The van der Waals surface area contributed by atoms with E-state index in [2.05, 4.69) is 42.8 Å². The van der Waals surface area contributed by atoms with Gasteiger partial charge in [-0.15, -0.1) is 0 Å². The summed E-state index contributed by atoms with van der Waals surface area (Å²) in [6.45, 7) is 10.8. The quantitative estimate of drug-likeness (QED) is 0.829. The predicted octanol–water partition coefficient (Wildman–Crippen LogP) is 3.77. The Morgan fingerprint density at radius 1 is 1.11 bits per heavy atom. The Hall–Kier alpha value is -2.14. The molecule has 0 N–H and O–H groups in total. The van der Waals surface area contributed by atoms with Gasteiger partial charge in [0.25, 0.3) is 5.91 Å². The topological polar surface area (TPSA) is 49.6 Å². The maximum Gasteiger partial charge on any atom is 0.254 e. The molecule has 0 aliphatic carbocycles. The van der Waals surface area contributed by atoms with Crippen molar-refractivity contribution < 1.29 is 9.21 Å². The van der Waals surface area contributed by atoms with E-state index in [9.17, 15) is 4.79 Å². The predicted molar refractivity (Wildman–Crippen MR) is 105 cm³/mol. The summed E-state index contributed by atoms with van der Waals surface area (Å²) in [5, 5.41) is 0. The number of likely N-dealkylation sites (tertiary alicyclic amines) is 1. The molecule has 5 nitrogen and oxygen atoms in total. The molecule has 2 aromatic rings. The van der Waals surface area contributed by atoms with Gasteiger partial charge in [0.15, 0.2) is 5.89 Å². The largest absolute Gasteiger partial charge is 0.445 e. The molecule has 1 saturated heterocycles. The normalized spacial score (nSPS) is 18.0. The minimum Gasteiger partial charge on any atom is -0.445 e. The Morgan fingerprint density at radius 2 is 1.81 bits per heavy atom. The molecule has 1 aromatic heterocycles. The summed E-state index contributed by atoms with van der Waals surface area (Å²) in [7, 11) is 0. The highest BCUT2D eigenvalue weighted by molar-refractivity contribution is 5.94. The van der Waals surface area contributed by atoms with Crippen molar-refractivity contribution in [3.63, 3.8) is 0 Å². The van der Waals surface area contributed by atoms with E-state index in [1.807, 2.05) is 17.0 Å². The summed E-state index contributed by atoms with van der Waals surface area (Å²) in [5.41, 5.74) is 2.83. The number of amides is 1. The Kier molecular flexibility index (Phi) is 4.81. The van der Waals surface area contributed by atoms with E-state index >= 15 is 0 Å². The first-order chi connectivity index (χ1) is 12.9. The lowest BCUT2D eigenvalue weighted by atomic mass is 9.97. The lowest BCUT2D eigenvalue weighted by Crippen LogP contribution is -2.35. The summed E-state index contributed by atoms with van der Waals surface area (Å²) >= 11 is 0. The maximum absolute atomic E-state index is 12.9. The van der Waals surface area contributed by atoms with Crippen molar-refractivity contribution in [2.45, 2.75) is 58.5 Å². The molecule has 3 heterocycles. The number of aromatic nitrogens is 1. The third-order valence-electron chi connectivity index (χ3n) is 5.46. The fourth-order valence-electron chi connectivity index (χ4n) is 3.83. The molecule has 0 bridgehead atoms. The second-order valence-electron chi connectivity index (χ2n) is 8.80. The van der Waals surface area contributed by atoms with Crippen molar-refractivity contribution in [2.75, 3.05) is 19.6 Å². The van der Waals surface area contributed by atoms with E-state index < -0.39 is 0 Å². The summed E-state index contributed by atoms with van der Waals surface area (Å²) in [6, 6.07) is 8.11. The fourth-order valence-corrected chi connectivity index (χ4v) is 3.83. The molecule has 2 aliphatic rings. The molecule has 0 atom stereocenters. The summed E-state index contributed by atoms with van der Waals surface area (Å²) in [4.78, 5) is 21.9. The zero-order valence-electron chi connectivity index (χ0n) is 16.6. The van der Waals surface area contributed by atoms with Crippen molar-refractivity contribution in [1.82, 2.24) is 14.8 Å². The van der Waals surface area contributed by atoms with Gasteiger partial charge in [0.2, 0.25) is 0 Å². The smallest absolute Gasteiger partial charge is 0.254 e. The van der Waals surface area contributed by atoms with E-state index in [-0.39, 0.29) is 11.3 Å². The van der Waals surface area contributed by atoms with Crippen LogP contribution in [0.2, 0.25) is 0 Å². The van der Waals surface area contributed by atoms with Crippen molar-refractivity contribution in [1.29, 1.82) is 0 Å². The van der Waals surface area contributed by atoms with Gasteiger partial charge in [0.05, 0.1) is 6.54 Å². The third kappa shape index (κ3) is 3.93. The number of carbonyl (C=O) groups excluding carboxylic acids is 1. The summed E-state index contributed by atoms with van der Waals surface area (Å²) in [5.74, 6) is 1.77. The van der Waals surface area contributed by atoms with Gasteiger partial charge >= 0.3 is 0 Å². The van der Waals surface area contributed by atoms with E-state index in [1.54, 1.807) is 0 Å². The molecular formula is C22H29N3O2. The average molecular weight is 367 g/mol. The van der Waals surface area contributed by atoms with E-state index in [0.717, 1.165) is 35.9 Å². The van der Waals surface area contributed by atoms with E-state index in [0.29, 0.717) is 13.1 Å². The lowest BCUT2D eigenvalue weighted by molar-refractivity contribution is 0.0727. The highest BCUT2D eigenvalue weighted by Crippen LogP contribution is 2.28. The molecule has 5 heteroatoms. The van der Waals surface area contributed by atoms with E-state index in [4.69, 9.17) is 4.42 Å². The van der Waals surface area contributed by atoms with Crippen LogP contribution in [0.25, 0.3) is 0 Å². The SMILES string of the molecule is CC(C)(C)c1nc2c(o1)CCN(C(=O)c1ccc(CN3CCCC3)cc1)C2. The number of fused-ring (bicyclic) bond motifs is 1. The summed E-state index contributed by atoms with van der Waals surface area (Å²) < 4.78 is 5.93. The Labute approximate surface area is 161 Å². The second kappa shape index (κ2) is 7.12. The molecule has 2 aliphatic heterocycles. The van der Waals surface area contributed by atoms with Crippen LogP contribution >= 0.6 is 0 Å². The Balaban J connectivity index is 1.43. The molecule has 0 spiro atoms. The first kappa shape index (κ1) is 18.2. The molecule has 0 radical (unpaired) electrons. The van der Waals surface area contributed by atoms with Crippen LogP contribution in [0.5, 0.6) is 0 Å². The molecule has 1 fully saturated rings. The summed E-state index contributed by atoms with van der Waals surface area (Å²) in [6.07, 6.45) is 3.33. The van der Waals surface area contributed by atoms with Gasteiger partial charge in [-0.2, -0.15) is 0 Å². The Bertz CT molecular complexity index is 811. The van der Waals surface area contributed by atoms with Crippen molar-refractivity contribution in [3.8, 4) is 0 Å². The standard InChI is InChI=1S/C22H29N3O2/c1-22(2,3)21-23-18-15-25(13-10-19(18)27-21)20(26)17-8-6-16(7-9-17)14-24-11-4-5-12-24/h6-9H,4-5,10-15H2,1-3H3. The fraction of sp³-hybridized carbons (Fsp3) is 0.545. The highest BCUT2D eigenvalue weighted by atomic mass is 16.4. The van der Waals surface area contributed by atoms with Gasteiger partial charge in [0.1, 0.15) is 11.5 Å². The Morgan fingerprint density at radius 3 is 2.48 bits per heavy atom. The molecule has 0 unspecified atom stereocenters. The zero-order chi connectivity index (χ0) is 19.0. The van der Waals surface area contributed by atoms with Crippen LogP contribution in [-0.2, 0) is 24.9 Å². The van der Waals surface area contributed by atoms with Crippen molar-refractivity contribution in [3.05, 3.63) is 52.7 Å². The number of benzene rings is 1. The molecule has 1 aromatic carbocycles. The molecule has 0 saturated carbocycles. The number of carbonyl (C=O) groups is 1. The second-order valence-corrected chi connectivity index (χ2v) is 8.80. The number of oxazole rings is 1. The third-order valence-corrected chi connectivity index (χ3v) is 5.46. The van der Waals surface area contributed by atoms with Gasteiger partial charge in [-0.05, 0) is 43.6 Å². The van der Waals surface area contributed by atoms with Crippen LogP contribution in [0.1, 0.15) is 66.9 Å². The van der Waals surface area contributed by atoms with Gasteiger partial charge in [-0.1, -0.05) is 32.9 Å². The van der Waals surface area contributed by atoms with Crippen LogP contribution in [0.4, 0.5) is 0 Å². The minimum atomic E-state index is -0.114. The van der Waals surface area contributed by atoms with Crippen LogP contribution in [0.3, 0.4) is 0 Å². The lowest BCUT2D eigenvalue weighted by Gasteiger charge is -2.25. The molecule has 27 heavy (non-hydrogen) atoms. The van der Waals surface area contributed by atoms with Crippen LogP contribution in [0.15, 0.2) is 28.7 Å². The molecule has 1 amide bonds. The van der Waals surface area contributed by atoms with Crippen LogP contribution < -0.4 is 0 Å². The average Bonchev–Trinajstić information content (AvgIpc) is 3.30. The number of rotatable bonds is 3. The van der Waals surface area contributed by atoms with Crippen molar-refractivity contribution in [2.24, 2.45) is 0 Å². The van der Waals surface area contributed by atoms with Crippen molar-refractivity contribution >= 4 is 5.91 Å². The van der Waals surface area contributed by atoms with Gasteiger partial charge in [0, 0.05) is 30.5 Å². The molecule has 4 rings (SSSR count). The highest BCUT2D eigenvalue weighted by Gasteiger charge is 2.29. The molecular weight excluding hydrogens is 338 g/mol. The first-order valence-corrected chi connectivity index (χ1v) is 10.00. The van der Waals surface area contributed by atoms with Crippen LogP contribution in [-0.4, -0.2) is 40.3 Å². The van der Waals surface area contributed by atoms with Gasteiger partial charge < -0.3 is 9.32 Å². The molecule has 144 valence electrons.